The van der Waals surface area contributed by atoms with Crippen LogP contribution < -0.4 is 11.1 Å². The second-order valence-corrected chi connectivity index (χ2v) is 7.59. The van der Waals surface area contributed by atoms with E-state index in [0.717, 1.165) is 46.3 Å². The number of nitrogens with two attached hydrogens (primary N) is 1. The Morgan fingerprint density at radius 1 is 0.852 bits per heavy atom. The van der Waals surface area contributed by atoms with Crippen LogP contribution in [0.1, 0.15) is 27.2 Å². The summed E-state index contributed by atoms with van der Waals surface area (Å²) in [6, 6.07) is 0.827. The smallest absolute Gasteiger partial charge is 0.481 e. The first kappa shape index (κ1) is 37.2. The Hall–Kier alpha value is -0.573. The van der Waals surface area contributed by atoms with Crippen molar-refractivity contribution in [3.8, 4) is 0 Å². The van der Waals surface area contributed by atoms with Gasteiger partial charge in [0.15, 0.2) is 0 Å². The number of nitrogens with one attached hydrogen (secondary N) is 1. The van der Waals surface area contributed by atoms with Gasteiger partial charge in [-0.2, -0.15) is 0 Å². The summed E-state index contributed by atoms with van der Waals surface area (Å²) < 4.78 is 15.9. The van der Waals surface area contributed by atoms with Crippen LogP contribution in [0, 0.1) is 0 Å². The maximum absolute atomic E-state index is 9.00. The monoisotopic (exact) mass is 425 g/mol. The van der Waals surface area contributed by atoms with E-state index in [0.29, 0.717) is 6.54 Å². The molecule has 0 aromatic carbocycles. The van der Waals surface area contributed by atoms with Crippen molar-refractivity contribution in [2.24, 2.45) is 5.73 Å². The van der Waals surface area contributed by atoms with E-state index in [1.54, 1.807) is 21.3 Å². The van der Waals surface area contributed by atoms with Crippen molar-refractivity contribution in [2.75, 3.05) is 41.0 Å². The van der Waals surface area contributed by atoms with Gasteiger partial charge in [0.2, 0.25) is 0 Å². The van der Waals surface area contributed by atoms with Gasteiger partial charge >= 0.3 is 8.80 Å². The molecular formula is C14H34N2NaO9Si. The van der Waals surface area contributed by atoms with Crippen molar-refractivity contribution >= 4 is 56.3 Å². The number of rotatable bonds is 9. The van der Waals surface area contributed by atoms with Gasteiger partial charge in [0.1, 0.15) is 0 Å². The molecule has 11 nitrogen and oxygen atoms in total. The van der Waals surface area contributed by atoms with Crippen molar-refractivity contribution in [3.63, 3.8) is 0 Å². The Morgan fingerprint density at radius 3 is 1.37 bits per heavy atom. The third-order valence-electron chi connectivity index (χ3n) is 2.09. The van der Waals surface area contributed by atoms with Crippen LogP contribution in [0.25, 0.3) is 0 Å². The van der Waals surface area contributed by atoms with Gasteiger partial charge in [-0.1, -0.05) is 0 Å². The molecular weight excluding hydrogens is 391 g/mol. The van der Waals surface area contributed by atoms with E-state index >= 15 is 0 Å². The minimum absolute atomic E-state index is 0. The summed E-state index contributed by atoms with van der Waals surface area (Å²) in [7, 11) is 2.55. The van der Waals surface area contributed by atoms with E-state index < -0.39 is 26.7 Å². The standard InChI is InChI=1S/C8H22N2O3Si.3C2H4O2.Na/c1-11-14(12-2,13-3)8-4-6-10-7-5-9;3*1-2(3)4;/h10H,4-9H2,1-3H3;3*1H3,(H,3,4);. The van der Waals surface area contributed by atoms with Crippen molar-refractivity contribution in [1.29, 1.82) is 0 Å². The third kappa shape index (κ3) is 51.7. The summed E-state index contributed by atoms with van der Waals surface area (Å²) in [4.78, 5) is 27.0. The largest absolute Gasteiger partial charge is 0.500 e. The summed E-state index contributed by atoms with van der Waals surface area (Å²) in [5, 5.41) is 25.5. The van der Waals surface area contributed by atoms with Crippen molar-refractivity contribution in [2.45, 2.75) is 33.2 Å². The number of carbonyl (C=O) groups is 3. The van der Waals surface area contributed by atoms with Gasteiger partial charge < -0.3 is 39.6 Å². The van der Waals surface area contributed by atoms with Gasteiger partial charge in [0.25, 0.3) is 17.9 Å². The minimum Gasteiger partial charge on any atom is -0.481 e. The van der Waals surface area contributed by atoms with E-state index in [9.17, 15) is 0 Å². The summed E-state index contributed by atoms with van der Waals surface area (Å²) >= 11 is 0. The number of aliphatic carboxylic acids is 3. The van der Waals surface area contributed by atoms with Crippen LogP contribution in [-0.4, -0.2) is 113 Å². The molecule has 0 rings (SSSR count). The Balaban J connectivity index is -0.000000102. The fourth-order valence-electron chi connectivity index (χ4n) is 1.21. The molecule has 0 aliphatic heterocycles. The topological polar surface area (TPSA) is 178 Å². The maximum atomic E-state index is 9.00. The summed E-state index contributed by atoms with van der Waals surface area (Å²) in [5.41, 5.74) is 5.35. The molecule has 1 radical (unpaired) electrons. The van der Waals surface area contributed by atoms with E-state index in [2.05, 4.69) is 5.32 Å². The summed E-state index contributed by atoms with van der Waals surface area (Å²) in [6.07, 6.45) is 0.974. The van der Waals surface area contributed by atoms with Crippen LogP contribution >= 0.6 is 0 Å². The summed E-state index contributed by atoms with van der Waals surface area (Å²) in [5.74, 6) is -2.50. The maximum Gasteiger partial charge on any atom is 0.500 e. The molecule has 0 fully saturated rings. The predicted molar refractivity (Wildman–Crippen MR) is 104 cm³/mol. The van der Waals surface area contributed by atoms with Crippen molar-refractivity contribution < 1.29 is 43.0 Å². The molecule has 0 aliphatic rings. The van der Waals surface area contributed by atoms with Gasteiger partial charge in [-0.25, -0.2) is 0 Å². The van der Waals surface area contributed by atoms with Crippen LogP contribution in [0.15, 0.2) is 0 Å². The first-order chi connectivity index (χ1) is 11.9. The molecule has 0 aliphatic carbocycles. The molecule has 0 saturated heterocycles. The zero-order valence-corrected chi connectivity index (χ0v) is 20.4. The van der Waals surface area contributed by atoms with Crippen molar-refractivity contribution in [3.05, 3.63) is 0 Å². The second-order valence-electron chi connectivity index (χ2n) is 4.49. The first-order valence-electron chi connectivity index (χ1n) is 7.59. The van der Waals surface area contributed by atoms with Crippen LogP contribution in [0.2, 0.25) is 6.04 Å². The molecule has 159 valence electrons. The van der Waals surface area contributed by atoms with Crippen molar-refractivity contribution in [1.82, 2.24) is 5.32 Å². The second kappa shape index (κ2) is 27.6. The van der Waals surface area contributed by atoms with Crippen LogP contribution in [-0.2, 0) is 27.7 Å². The Bertz CT molecular complexity index is 311. The number of hydrogen-bond donors (Lipinski definition) is 5. The van der Waals surface area contributed by atoms with Crippen LogP contribution in [0.5, 0.6) is 0 Å². The molecule has 0 aromatic heterocycles. The van der Waals surface area contributed by atoms with Gasteiger partial charge in [0, 0.05) is 90.8 Å². The molecule has 0 atom stereocenters. The van der Waals surface area contributed by atoms with Gasteiger partial charge in [-0.15, -0.1) is 0 Å². The first-order valence-corrected chi connectivity index (χ1v) is 9.52. The van der Waals surface area contributed by atoms with E-state index in [1.807, 2.05) is 0 Å². The van der Waals surface area contributed by atoms with Gasteiger partial charge in [0.05, 0.1) is 0 Å². The number of carboxylic acid groups (broad SMARTS) is 3. The van der Waals surface area contributed by atoms with E-state index in [4.69, 9.17) is 48.7 Å². The quantitative estimate of drug-likeness (QED) is 0.242. The number of carboxylic acids is 3. The molecule has 6 N–H and O–H groups in total. The molecule has 0 bridgehead atoms. The zero-order chi connectivity index (χ0) is 21.6. The average molecular weight is 426 g/mol. The van der Waals surface area contributed by atoms with Gasteiger partial charge in [-0.3, -0.25) is 14.4 Å². The summed E-state index contributed by atoms with van der Waals surface area (Å²) in [6.45, 7) is 5.69. The molecule has 0 spiro atoms. The minimum atomic E-state index is -2.35. The van der Waals surface area contributed by atoms with Crippen LogP contribution in [0.3, 0.4) is 0 Å². The number of hydrogen-bond acceptors (Lipinski definition) is 8. The Labute approximate surface area is 184 Å². The molecule has 0 saturated carbocycles. The zero-order valence-electron chi connectivity index (χ0n) is 17.4. The Morgan fingerprint density at radius 2 is 1.15 bits per heavy atom. The molecule has 27 heavy (non-hydrogen) atoms. The van der Waals surface area contributed by atoms with E-state index in [1.165, 1.54) is 0 Å². The molecule has 13 heteroatoms. The van der Waals surface area contributed by atoms with Gasteiger partial charge in [-0.05, 0) is 13.0 Å². The molecule has 0 heterocycles. The normalized spacial score (nSPS) is 9.00. The Kier molecular flexibility index (Phi) is 38.1. The third-order valence-corrected chi connectivity index (χ3v) is 4.92. The average Bonchev–Trinajstić information content (AvgIpc) is 2.50. The van der Waals surface area contributed by atoms with Crippen LogP contribution in [0.4, 0.5) is 0 Å². The SMILES string of the molecule is CC(=O)O.CC(=O)O.CC(=O)O.CO[Si](CCCNCCN)(OC)OC.[Na]. The fourth-order valence-corrected chi connectivity index (χ4v) is 2.94. The fraction of sp³-hybridized carbons (Fsp3) is 0.786. The molecule has 0 unspecified atom stereocenters. The van der Waals surface area contributed by atoms with E-state index in [-0.39, 0.29) is 29.6 Å². The molecule has 0 aromatic rings. The molecule has 0 amide bonds. The predicted octanol–water partition coefficient (Wildman–Crippen LogP) is -0.305.